The minimum absolute atomic E-state index is 0.0257. The van der Waals surface area contributed by atoms with Crippen LogP contribution in [0.5, 0.6) is 0 Å². The van der Waals surface area contributed by atoms with Crippen molar-refractivity contribution in [2.24, 2.45) is 5.92 Å². The summed E-state index contributed by atoms with van der Waals surface area (Å²) in [6.07, 6.45) is 1.28. The molecule has 3 amide bonds. The van der Waals surface area contributed by atoms with Crippen molar-refractivity contribution in [2.75, 3.05) is 22.1 Å². The molecule has 9 heteroatoms. The zero-order chi connectivity index (χ0) is 22.0. The first-order valence-corrected chi connectivity index (χ1v) is 9.42. The summed E-state index contributed by atoms with van der Waals surface area (Å²) in [4.78, 5) is 38.2. The molecular formula is C22H17F2N3O4. The van der Waals surface area contributed by atoms with Crippen molar-refractivity contribution in [3.63, 3.8) is 0 Å². The van der Waals surface area contributed by atoms with Crippen LogP contribution in [0, 0.1) is 17.6 Å². The molecule has 1 fully saturated rings. The first kappa shape index (κ1) is 20.3. The number of rotatable bonds is 5. The van der Waals surface area contributed by atoms with Gasteiger partial charge in [0.15, 0.2) is 5.76 Å². The van der Waals surface area contributed by atoms with Gasteiger partial charge in [-0.05, 0) is 42.5 Å². The van der Waals surface area contributed by atoms with Gasteiger partial charge in [0.05, 0.1) is 17.9 Å². The fourth-order valence-corrected chi connectivity index (χ4v) is 3.34. The highest BCUT2D eigenvalue weighted by Crippen LogP contribution is 2.29. The molecule has 0 aliphatic carbocycles. The van der Waals surface area contributed by atoms with E-state index in [1.54, 1.807) is 30.3 Å². The van der Waals surface area contributed by atoms with Gasteiger partial charge in [-0.2, -0.15) is 0 Å². The Morgan fingerprint density at radius 3 is 2.48 bits per heavy atom. The molecule has 1 atom stereocenters. The lowest BCUT2D eigenvalue weighted by atomic mass is 10.1. The Hall–Kier alpha value is -4.01. The third-order valence-corrected chi connectivity index (χ3v) is 4.83. The number of anilines is 3. The topological polar surface area (TPSA) is 91.7 Å². The predicted octanol–water partition coefficient (Wildman–Crippen LogP) is 3.80. The highest BCUT2D eigenvalue weighted by atomic mass is 19.1. The maximum absolute atomic E-state index is 14.0. The van der Waals surface area contributed by atoms with Crippen LogP contribution in [0.15, 0.2) is 65.3 Å². The second-order valence-corrected chi connectivity index (χ2v) is 7.00. The monoisotopic (exact) mass is 425 g/mol. The minimum Gasteiger partial charge on any atom is -0.459 e. The molecule has 7 nitrogen and oxygen atoms in total. The Morgan fingerprint density at radius 2 is 1.77 bits per heavy atom. The van der Waals surface area contributed by atoms with Crippen LogP contribution in [-0.4, -0.2) is 24.3 Å². The summed E-state index contributed by atoms with van der Waals surface area (Å²) in [6.45, 7) is -0.0257. The van der Waals surface area contributed by atoms with E-state index in [4.69, 9.17) is 4.42 Å². The van der Waals surface area contributed by atoms with Crippen LogP contribution in [-0.2, 0) is 9.59 Å². The lowest BCUT2D eigenvalue weighted by molar-refractivity contribution is -0.122. The van der Waals surface area contributed by atoms with Gasteiger partial charge in [0.25, 0.3) is 5.91 Å². The zero-order valence-electron chi connectivity index (χ0n) is 16.1. The SMILES string of the molecule is O=C(Nc1cccc(NC(=O)C2CC(=O)N(c3ccc(F)cc3F)C2)c1)c1ccco1. The van der Waals surface area contributed by atoms with Gasteiger partial charge in [0.2, 0.25) is 11.8 Å². The molecule has 0 saturated carbocycles. The smallest absolute Gasteiger partial charge is 0.291 e. The first-order chi connectivity index (χ1) is 14.9. The maximum atomic E-state index is 14.0. The van der Waals surface area contributed by atoms with Gasteiger partial charge in [0, 0.05) is 30.4 Å². The van der Waals surface area contributed by atoms with Crippen LogP contribution in [0.1, 0.15) is 17.0 Å². The van der Waals surface area contributed by atoms with Gasteiger partial charge >= 0.3 is 0 Å². The van der Waals surface area contributed by atoms with Crippen molar-refractivity contribution in [3.8, 4) is 0 Å². The molecule has 2 heterocycles. The van der Waals surface area contributed by atoms with Crippen LogP contribution in [0.25, 0.3) is 0 Å². The van der Waals surface area contributed by atoms with Crippen molar-refractivity contribution >= 4 is 34.8 Å². The Balaban J connectivity index is 1.41. The standard InChI is InChI=1S/C22H17F2N3O4/c23-14-6-7-18(17(24)10-14)27-12-13(9-20(27)28)21(29)25-15-3-1-4-16(11-15)26-22(30)19-5-2-8-31-19/h1-8,10-11,13H,9,12H2,(H,25,29)(H,26,30). The Bertz CT molecular complexity index is 1150. The van der Waals surface area contributed by atoms with Gasteiger partial charge in [-0.25, -0.2) is 8.78 Å². The van der Waals surface area contributed by atoms with E-state index in [-0.39, 0.29) is 24.4 Å². The van der Waals surface area contributed by atoms with E-state index in [0.717, 1.165) is 11.0 Å². The molecule has 2 N–H and O–H groups in total. The molecule has 0 radical (unpaired) electrons. The minimum atomic E-state index is -0.866. The van der Waals surface area contributed by atoms with Crippen LogP contribution in [0.3, 0.4) is 0 Å². The average molecular weight is 425 g/mol. The summed E-state index contributed by atoms with van der Waals surface area (Å²) in [6, 6.07) is 12.5. The van der Waals surface area contributed by atoms with Gasteiger partial charge in [-0.15, -0.1) is 0 Å². The van der Waals surface area contributed by atoms with Crippen molar-refractivity contribution < 1.29 is 27.6 Å². The third kappa shape index (κ3) is 4.45. The third-order valence-electron chi connectivity index (χ3n) is 4.83. The van der Waals surface area contributed by atoms with Crippen LogP contribution in [0.4, 0.5) is 25.8 Å². The van der Waals surface area contributed by atoms with Crippen LogP contribution >= 0.6 is 0 Å². The average Bonchev–Trinajstić information content (AvgIpc) is 3.39. The van der Waals surface area contributed by atoms with Crippen LogP contribution in [0.2, 0.25) is 0 Å². The van der Waals surface area contributed by atoms with E-state index >= 15 is 0 Å². The Morgan fingerprint density at radius 1 is 1.00 bits per heavy atom. The van der Waals surface area contributed by atoms with E-state index in [1.807, 2.05) is 0 Å². The summed E-state index contributed by atoms with van der Waals surface area (Å²) < 4.78 is 32.2. The molecule has 2 aromatic carbocycles. The molecule has 1 aliphatic rings. The maximum Gasteiger partial charge on any atom is 0.291 e. The van der Waals surface area contributed by atoms with Gasteiger partial charge in [-0.1, -0.05) is 6.07 Å². The molecule has 1 aromatic heterocycles. The number of benzene rings is 2. The van der Waals surface area contributed by atoms with E-state index in [1.165, 1.54) is 18.4 Å². The Labute approximate surface area is 175 Å². The largest absolute Gasteiger partial charge is 0.459 e. The first-order valence-electron chi connectivity index (χ1n) is 9.42. The van der Waals surface area contributed by atoms with E-state index in [2.05, 4.69) is 10.6 Å². The zero-order valence-corrected chi connectivity index (χ0v) is 16.1. The molecule has 1 aliphatic heterocycles. The number of amides is 3. The molecule has 0 spiro atoms. The number of hydrogen-bond donors (Lipinski definition) is 2. The van der Waals surface area contributed by atoms with Gasteiger partial charge in [0.1, 0.15) is 11.6 Å². The van der Waals surface area contributed by atoms with Crippen molar-refractivity contribution in [1.29, 1.82) is 0 Å². The normalized spacial score (nSPS) is 15.7. The number of hydrogen-bond acceptors (Lipinski definition) is 4. The molecular weight excluding hydrogens is 408 g/mol. The van der Waals surface area contributed by atoms with Crippen molar-refractivity contribution in [1.82, 2.24) is 0 Å². The van der Waals surface area contributed by atoms with Crippen LogP contribution < -0.4 is 15.5 Å². The highest BCUT2D eigenvalue weighted by Gasteiger charge is 2.36. The predicted molar refractivity (Wildman–Crippen MR) is 109 cm³/mol. The number of halogens is 2. The summed E-state index contributed by atoms with van der Waals surface area (Å²) in [5.74, 6) is -3.47. The quantitative estimate of drug-likeness (QED) is 0.651. The molecule has 1 saturated heterocycles. The van der Waals surface area contributed by atoms with Crippen molar-refractivity contribution in [2.45, 2.75) is 6.42 Å². The number of carbonyl (C=O) groups is 3. The fraction of sp³-hybridized carbons (Fsp3) is 0.136. The number of nitrogens with one attached hydrogen (secondary N) is 2. The van der Waals surface area contributed by atoms with E-state index in [0.29, 0.717) is 17.4 Å². The number of carbonyl (C=O) groups excluding carboxylic acids is 3. The summed E-state index contributed by atoms with van der Waals surface area (Å²) >= 11 is 0. The summed E-state index contributed by atoms with van der Waals surface area (Å²) in [7, 11) is 0. The highest BCUT2D eigenvalue weighted by molar-refractivity contribution is 6.04. The fourth-order valence-electron chi connectivity index (χ4n) is 3.34. The Kier molecular flexibility index (Phi) is 5.48. The molecule has 158 valence electrons. The molecule has 0 bridgehead atoms. The number of nitrogens with zero attached hydrogens (tertiary/aromatic N) is 1. The lowest BCUT2D eigenvalue weighted by Crippen LogP contribution is -2.28. The van der Waals surface area contributed by atoms with E-state index in [9.17, 15) is 23.2 Å². The molecule has 1 unspecified atom stereocenters. The van der Waals surface area contributed by atoms with Gasteiger partial charge < -0.3 is 20.0 Å². The summed E-state index contributed by atoms with van der Waals surface area (Å²) in [5, 5.41) is 5.36. The summed E-state index contributed by atoms with van der Waals surface area (Å²) in [5.41, 5.74) is 0.794. The van der Waals surface area contributed by atoms with Crippen molar-refractivity contribution in [3.05, 3.63) is 78.3 Å². The second kappa shape index (κ2) is 8.39. The lowest BCUT2D eigenvalue weighted by Gasteiger charge is -2.17. The van der Waals surface area contributed by atoms with E-state index < -0.39 is 35.3 Å². The molecule has 3 aromatic rings. The molecule has 4 rings (SSSR count). The number of furan rings is 1. The molecule has 31 heavy (non-hydrogen) atoms. The van der Waals surface area contributed by atoms with Gasteiger partial charge in [-0.3, -0.25) is 14.4 Å². The second-order valence-electron chi connectivity index (χ2n) is 7.00.